The van der Waals surface area contributed by atoms with Crippen molar-refractivity contribution < 1.29 is 4.79 Å². The SMILES string of the molecule is CC(C)[C@@H](N)C(=O)N1C2CCCC1CC2.Cl. The van der Waals surface area contributed by atoms with Gasteiger partial charge in [0.2, 0.25) is 5.91 Å². The fourth-order valence-corrected chi connectivity index (χ4v) is 2.93. The number of rotatable bonds is 2. The summed E-state index contributed by atoms with van der Waals surface area (Å²) in [6, 6.07) is 0.702. The van der Waals surface area contributed by atoms with E-state index in [9.17, 15) is 4.79 Å². The van der Waals surface area contributed by atoms with Crippen molar-refractivity contribution in [2.75, 3.05) is 0 Å². The van der Waals surface area contributed by atoms with E-state index in [0.29, 0.717) is 12.1 Å². The van der Waals surface area contributed by atoms with Crippen LogP contribution in [0, 0.1) is 5.92 Å². The Hall–Kier alpha value is -0.280. The lowest BCUT2D eigenvalue weighted by molar-refractivity contribution is -0.137. The van der Waals surface area contributed by atoms with E-state index < -0.39 is 0 Å². The van der Waals surface area contributed by atoms with Gasteiger partial charge in [-0.05, 0) is 38.0 Å². The number of nitrogens with two attached hydrogens (primary N) is 1. The van der Waals surface area contributed by atoms with Crippen molar-refractivity contribution >= 4 is 18.3 Å². The predicted molar refractivity (Wildman–Crippen MR) is 67.6 cm³/mol. The summed E-state index contributed by atoms with van der Waals surface area (Å²) in [6.07, 6.45) is 6.05. The minimum atomic E-state index is -0.300. The Bertz CT molecular complexity index is 241. The Kier molecular flexibility index (Phi) is 4.62. The molecule has 94 valence electrons. The van der Waals surface area contributed by atoms with Crippen molar-refractivity contribution in [3.63, 3.8) is 0 Å². The first-order valence-corrected chi connectivity index (χ1v) is 6.19. The minimum Gasteiger partial charge on any atom is -0.335 e. The highest BCUT2D eigenvalue weighted by atomic mass is 35.5. The molecular weight excluding hydrogens is 224 g/mol. The van der Waals surface area contributed by atoms with Gasteiger partial charge in [-0.25, -0.2) is 0 Å². The lowest BCUT2D eigenvalue weighted by Gasteiger charge is -2.37. The van der Waals surface area contributed by atoms with Crippen molar-refractivity contribution in [3.8, 4) is 0 Å². The molecule has 2 unspecified atom stereocenters. The molecule has 3 atom stereocenters. The maximum absolute atomic E-state index is 12.2. The van der Waals surface area contributed by atoms with Crippen molar-refractivity contribution in [2.24, 2.45) is 11.7 Å². The molecule has 0 saturated carbocycles. The third-order valence-corrected chi connectivity index (χ3v) is 3.95. The zero-order chi connectivity index (χ0) is 11.0. The Labute approximate surface area is 104 Å². The van der Waals surface area contributed by atoms with Crippen LogP contribution in [-0.4, -0.2) is 28.9 Å². The van der Waals surface area contributed by atoms with Gasteiger partial charge < -0.3 is 10.6 Å². The fraction of sp³-hybridized carbons (Fsp3) is 0.917. The van der Waals surface area contributed by atoms with Crippen LogP contribution >= 0.6 is 12.4 Å². The number of carbonyl (C=O) groups excluding carboxylic acids is 1. The molecule has 1 amide bonds. The van der Waals surface area contributed by atoms with Crippen LogP contribution in [-0.2, 0) is 4.79 Å². The molecule has 2 rings (SSSR count). The molecule has 0 spiro atoms. The summed E-state index contributed by atoms with van der Waals surface area (Å²) in [5, 5.41) is 0. The lowest BCUT2D eigenvalue weighted by Crippen LogP contribution is -2.52. The lowest BCUT2D eigenvalue weighted by atomic mass is 9.98. The molecule has 0 radical (unpaired) electrons. The maximum Gasteiger partial charge on any atom is 0.240 e. The van der Waals surface area contributed by atoms with Crippen LogP contribution in [0.5, 0.6) is 0 Å². The molecule has 0 aliphatic carbocycles. The molecule has 0 aromatic carbocycles. The molecule has 2 aliphatic heterocycles. The molecule has 0 aromatic heterocycles. The molecule has 2 bridgehead atoms. The third kappa shape index (κ3) is 2.35. The summed E-state index contributed by atoms with van der Waals surface area (Å²) in [5.41, 5.74) is 5.95. The second-order valence-electron chi connectivity index (χ2n) is 5.33. The molecule has 2 aliphatic rings. The van der Waals surface area contributed by atoms with Gasteiger partial charge in [-0.3, -0.25) is 4.79 Å². The molecule has 16 heavy (non-hydrogen) atoms. The normalized spacial score (nSPS) is 30.1. The Morgan fingerprint density at radius 2 is 1.69 bits per heavy atom. The van der Waals surface area contributed by atoms with Gasteiger partial charge in [0.15, 0.2) is 0 Å². The van der Waals surface area contributed by atoms with Crippen LogP contribution in [0.25, 0.3) is 0 Å². The minimum absolute atomic E-state index is 0. The van der Waals surface area contributed by atoms with E-state index in [1.165, 1.54) is 32.1 Å². The van der Waals surface area contributed by atoms with Crippen molar-refractivity contribution in [1.29, 1.82) is 0 Å². The van der Waals surface area contributed by atoms with E-state index in [2.05, 4.69) is 4.90 Å². The largest absolute Gasteiger partial charge is 0.335 e. The van der Waals surface area contributed by atoms with E-state index in [-0.39, 0.29) is 30.3 Å². The van der Waals surface area contributed by atoms with E-state index >= 15 is 0 Å². The summed E-state index contributed by atoms with van der Waals surface area (Å²) in [4.78, 5) is 14.3. The monoisotopic (exact) mass is 246 g/mol. The van der Waals surface area contributed by atoms with Gasteiger partial charge in [0.1, 0.15) is 0 Å². The van der Waals surface area contributed by atoms with Gasteiger partial charge in [-0.1, -0.05) is 13.8 Å². The number of hydrogen-bond donors (Lipinski definition) is 1. The second kappa shape index (κ2) is 5.37. The number of piperidine rings is 1. The predicted octanol–water partition coefficient (Wildman–Crippen LogP) is 1.93. The molecule has 3 nitrogen and oxygen atoms in total. The molecule has 2 heterocycles. The topological polar surface area (TPSA) is 46.3 Å². The van der Waals surface area contributed by atoms with Crippen LogP contribution in [0.2, 0.25) is 0 Å². The van der Waals surface area contributed by atoms with E-state index in [0.717, 1.165) is 0 Å². The van der Waals surface area contributed by atoms with Crippen LogP contribution in [0.15, 0.2) is 0 Å². The Balaban J connectivity index is 0.00000128. The Morgan fingerprint density at radius 3 is 2.12 bits per heavy atom. The van der Waals surface area contributed by atoms with Crippen LogP contribution in [0.1, 0.15) is 46.0 Å². The number of nitrogens with zero attached hydrogens (tertiary/aromatic N) is 1. The summed E-state index contributed by atoms with van der Waals surface area (Å²) < 4.78 is 0. The average Bonchev–Trinajstić information content (AvgIpc) is 2.46. The molecule has 4 heteroatoms. The smallest absolute Gasteiger partial charge is 0.240 e. The number of hydrogen-bond acceptors (Lipinski definition) is 2. The zero-order valence-electron chi connectivity index (χ0n) is 10.2. The third-order valence-electron chi connectivity index (χ3n) is 3.95. The summed E-state index contributed by atoms with van der Waals surface area (Å²) in [5.74, 6) is 0.441. The molecular formula is C12H23ClN2O. The number of carbonyl (C=O) groups is 1. The van der Waals surface area contributed by atoms with Gasteiger partial charge in [0.25, 0.3) is 0 Å². The van der Waals surface area contributed by atoms with E-state index in [1.807, 2.05) is 13.8 Å². The molecule has 0 aromatic rings. The first-order valence-electron chi connectivity index (χ1n) is 6.19. The van der Waals surface area contributed by atoms with Crippen molar-refractivity contribution in [2.45, 2.75) is 64.1 Å². The fourth-order valence-electron chi connectivity index (χ4n) is 2.93. The Morgan fingerprint density at radius 1 is 1.19 bits per heavy atom. The summed E-state index contributed by atoms with van der Waals surface area (Å²) >= 11 is 0. The first kappa shape index (κ1) is 13.8. The standard InChI is InChI=1S/C12H22N2O.ClH/c1-8(2)11(13)12(15)14-9-4-3-5-10(14)7-6-9;/h8-11H,3-7,13H2,1-2H3;1H/t9?,10?,11-;/m1./s1. The summed E-state index contributed by atoms with van der Waals surface area (Å²) in [7, 11) is 0. The van der Waals surface area contributed by atoms with Gasteiger partial charge >= 0.3 is 0 Å². The average molecular weight is 247 g/mol. The van der Waals surface area contributed by atoms with Gasteiger partial charge in [0, 0.05) is 12.1 Å². The zero-order valence-corrected chi connectivity index (χ0v) is 11.0. The van der Waals surface area contributed by atoms with Gasteiger partial charge in [-0.15, -0.1) is 12.4 Å². The molecule has 2 N–H and O–H groups in total. The second-order valence-corrected chi connectivity index (χ2v) is 5.33. The quantitative estimate of drug-likeness (QED) is 0.810. The van der Waals surface area contributed by atoms with E-state index in [1.54, 1.807) is 0 Å². The number of fused-ring (bicyclic) bond motifs is 2. The molecule has 2 fully saturated rings. The van der Waals surface area contributed by atoms with Gasteiger partial charge in [0.05, 0.1) is 6.04 Å². The maximum atomic E-state index is 12.2. The van der Waals surface area contributed by atoms with E-state index in [4.69, 9.17) is 5.73 Å². The number of halogens is 1. The highest BCUT2D eigenvalue weighted by Crippen LogP contribution is 2.36. The van der Waals surface area contributed by atoms with Crippen molar-refractivity contribution in [3.05, 3.63) is 0 Å². The van der Waals surface area contributed by atoms with Crippen LogP contribution in [0.3, 0.4) is 0 Å². The molecule has 2 saturated heterocycles. The summed E-state index contributed by atoms with van der Waals surface area (Å²) in [6.45, 7) is 4.04. The van der Waals surface area contributed by atoms with Crippen LogP contribution in [0.4, 0.5) is 0 Å². The van der Waals surface area contributed by atoms with Gasteiger partial charge in [-0.2, -0.15) is 0 Å². The van der Waals surface area contributed by atoms with Crippen LogP contribution < -0.4 is 5.73 Å². The highest BCUT2D eigenvalue weighted by molar-refractivity contribution is 5.85. The number of amides is 1. The highest BCUT2D eigenvalue weighted by Gasteiger charge is 2.41. The van der Waals surface area contributed by atoms with Crippen molar-refractivity contribution in [1.82, 2.24) is 4.90 Å². The first-order chi connectivity index (χ1) is 7.11.